The van der Waals surface area contributed by atoms with E-state index in [0.29, 0.717) is 26.1 Å². The highest BCUT2D eigenvalue weighted by molar-refractivity contribution is 5.97. The Balaban J connectivity index is 2.11. The average molecular weight is 352 g/mol. The van der Waals surface area contributed by atoms with E-state index in [4.69, 9.17) is 9.47 Å². The number of nitrogens with zero attached hydrogens (tertiary/aromatic N) is 1. The molecule has 1 aromatic rings. The molecule has 136 valence electrons. The number of hydrogen-bond donors (Lipinski definition) is 2. The van der Waals surface area contributed by atoms with Crippen LogP contribution in [0.1, 0.15) is 23.2 Å². The maximum absolute atomic E-state index is 12.4. The fourth-order valence-corrected chi connectivity index (χ4v) is 2.86. The summed E-state index contributed by atoms with van der Waals surface area (Å²) in [5.74, 6) is -2.24. The number of rotatable bonds is 7. The molecule has 0 radical (unpaired) electrons. The molecule has 1 fully saturated rings. The van der Waals surface area contributed by atoms with E-state index in [1.165, 1.54) is 19.2 Å². The molecule has 1 aliphatic rings. The van der Waals surface area contributed by atoms with E-state index in [9.17, 15) is 24.8 Å². The number of aliphatic carboxylic acids is 1. The first kappa shape index (κ1) is 18.7. The molecule has 2 N–H and O–H groups in total. The number of benzene rings is 1. The predicted octanol–water partition coefficient (Wildman–Crippen LogP) is 1.46. The Morgan fingerprint density at radius 2 is 2.12 bits per heavy atom. The van der Waals surface area contributed by atoms with Gasteiger partial charge in [-0.1, -0.05) is 0 Å². The van der Waals surface area contributed by atoms with Gasteiger partial charge in [0.25, 0.3) is 11.6 Å². The molecule has 1 aliphatic heterocycles. The molecule has 1 saturated heterocycles. The van der Waals surface area contributed by atoms with Crippen molar-refractivity contribution in [2.75, 3.05) is 26.9 Å². The Hall–Kier alpha value is -2.68. The highest BCUT2D eigenvalue weighted by atomic mass is 16.6. The van der Waals surface area contributed by atoms with Crippen molar-refractivity contribution in [3.8, 4) is 5.75 Å². The molecule has 9 heteroatoms. The van der Waals surface area contributed by atoms with Crippen LogP contribution in [0.5, 0.6) is 5.75 Å². The highest BCUT2D eigenvalue weighted by Crippen LogP contribution is 2.26. The van der Waals surface area contributed by atoms with E-state index >= 15 is 0 Å². The summed E-state index contributed by atoms with van der Waals surface area (Å²) in [6.07, 6.45) is 1.24. The third-order valence-corrected chi connectivity index (χ3v) is 4.27. The number of non-ortho nitro benzene ring substituents is 1. The van der Waals surface area contributed by atoms with Gasteiger partial charge >= 0.3 is 5.97 Å². The lowest BCUT2D eigenvalue weighted by atomic mass is 9.86. The number of amides is 1. The summed E-state index contributed by atoms with van der Waals surface area (Å²) in [6.45, 7) is 0.937. The number of carbonyl (C=O) groups is 2. The van der Waals surface area contributed by atoms with Gasteiger partial charge in [0.1, 0.15) is 5.75 Å². The molecule has 1 amide bonds. The number of nitro groups is 1. The van der Waals surface area contributed by atoms with Crippen molar-refractivity contribution in [3.05, 3.63) is 33.9 Å². The minimum Gasteiger partial charge on any atom is -0.496 e. The van der Waals surface area contributed by atoms with Gasteiger partial charge in [-0.3, -0.25) is 19.7 Å². The zero-order valence-electron chi connectivity index (χ0n) is 13.8. The molecule has 1 atom stereocenters. The van der Waals surface area contributed by atoms with Crippen molar-refractivity contribution in [3.63, 3.8) is 0 Å². The first-order valence-electron chi connectivity index (χ1n) is 7.85. The van der Waals surface area contributed by atoms with Crippen LogP contribution in [0.2, 0.25) is 0 Å². The van der Waals surface area contributed by atoms with E-state index in [-0.39, 0.29) is 29.5 Å². The van der Waals surface area contributed by atoms with Gasteiger partial charge in [0.05, 0.1) is 23.5 Å². The van der Waals surface area contributed by atoms with Crippen LogP contribution < -0.4 is 10.1 Å². The van der Waals surface area contributed by atoms with Crippen LogP contribution >= 0.6 is 0 Å². The molecule has 0 aromatic heterocycles. The molecule has 0 spiro atoms. The second-order valence-electron chi connectivity index (χ2n) is 5.75. The van der Waals surface area contributed by atoms with Crippen molar-refractivity contribution < 1.29 is 29.1 Å². The molecule has 2 rings (SSSR count). The van der Waals surface area contributed by atoms with E-state index in [1.54, 1.807) is 0 Å². The summed E-state index contributed by atoms with van der Waals surface area (Å²) in [5, 5.41) is 22.9. The maximum Gasteiger partial charge on any atom is 0.308 e. The SMILES string of the molecule is COc1ccc([N+](=O)[O-])cc1C(=O)NCC(C(=O)O)C1CCOCC1. The van der Waals surface area contributed by atoms with E-state index in [0.717, 1.165) is 6.07 Å². The van der Waals surface area contributed by atoms with Gasteiger partial charge in [-0.2, -0.15) is 0 Å². The molecule has 9 nitrogen and oxygen atoms in total. The first-order valence-corrected chi connectivity index (χ1v) is 7.85. The Kier molecular flexibility index (Phi) is 6.29. The van der Waals surface area contributed by atoms with Gasteiger partial charge in [-0.25, -0.2) is 0 Å². The maximum atomic E-state index is 12.4. The van der Waals surface area contributed by atoms with Crippen molar-refractivity contribution in [1.29, 1.82) is 0 Å². The van der Waals surface area contributed by atoms with Crippen LogP contribution in [0, 0.1) is 22.0 Å². The summed E-state index contributed by atoms with van der Waals surface area (Å²) in [7, 11) is 1.35. The Labute approximate surface area is 144 Å². The molecule has 0 bridgehead atoms. The number of hydrogen-bond acceptors (Lipinski definition) is 6. The minimum atomic E-state index is -0.988. The van der Waals surface area contributed by atoms with Gasteiger partial charge in [0.15, 0.2) is 0 Å². The number of carboxylic acid groups (broad SMARTS) is 1. The van der Waals surface area contributed by atoms with Crippen molar-refractivity contribution in [2.24, 2.45) is 11.8 Å². The zero-order chi connectivity index (χ0) is 18.4. The number of methoxy groups -OCH3 is 1. The Bertz CT molecular complexity index is 656. The van der Waals surface area contributed by atoms with Crippen LogP contribution in [-0.4, -0.2) is 48.8 Å². The molecule has 0 saturated carbocycles. The van der Waals surface area contributed by atoms with Gasteiger partial charge in [-0.05, 0) is 24.8 Å². The first-order chi connectivity index (χ1) is 11.9. The third-order valence-electron chi connectivity index (χ3n) is 4.27. The molecular formula is C16H20N2O7. The fourth-order valence-electron chi connectivity index (χ4n) is 2.86. The van der Waals surface area contributed by atoms with Gasteiger partial charge < -0.3 is 19.9 Å². The van der Waals surface area contributed by atoms with Crippen LogP contribution in [0.4, 0.5) is 5.69 Å². The summed E-state index contributed by atoms with van der Waals surface area (Å²) < 4.78 is 10.3. The summed E-state index contributed by atoms with van der Waals surface area (Å²) in [5.41, 5.74) is -0.252. The lowest BCUT2D eigenvalue weighted by molar-refractivity contribution is -0.384. The van der Waals surface area contributed by atoms with Gasteiger partial charge in [-0.15, -0.1) is 0 Å². The monoisotopic (exact) mass is 352 g/mol. The Morgan fingerprint density at radius 1 is 1.44 bits per heavy atom. The predicted molar refractivity (Wildman–Crippen MR) is 86.7 cm³/mol. The smallest absolute Gasteiger partial charge is 0.308 e. The fraction of sp³-hybridized carbons (Fsp3) is 0.500. The highest BCUT2D eigenvalue weighted by Gasteiger charge is 2.30. The molecule has 0 aliphatic carbocycles. The minimum absolute atomic E-state index is 0.00665. The number of nitrogens with one attached hydrogen (secondary N) is 1. The standard InChI is InChI=1S/C16H20N2O7/c1-24-14-3-2-11(18(22)23)8-12(14)15(19)17-9-13(16(20)21)10-4-6-25-7-5-10/h2-3,8,10,13H,4-7,9H2,1H3,(H,17,19)(H,20,21). The average Bonchev–Trinajstić information content (AvgIpc) is 2.61. The molecule has 25 heavy (non-hydrogen) atoms. The van der Waals surface area contributed by atoms with Gasteiger partial charge in [0.2, 0.25) is 0 Å². The topological polar surface area (TPSA) is 128 Å². The lowest BCUT2D eigenvalue weighted by Crippen LogP contribution is -2.39. The van der Waals surface area contributed by atoms with Crippen LogP contribution in [0.15, 0.2) is 18.2 Å². The molecule has 1 aromatic carbocycles. The van der Waals surface area contributed by atoms with Gasteiger partial charge in [0, 0.05) is 31.9 Å². The number of ether oxygens (including phenoxy) is 2. The second kappa shape index (κ2) is 8.43. The van der Waals surface area contributed by atoms with E-state index in [1.807, 2.05) is 0 Å². The largest absolute Gasteiger partial charge is 0.496 e. The quantitative estimate of drug-likeness (QED) is 0.561. The van der Waals surface area contributed by atoms with Crippen molar-refractivity contribution in [2.45, 2.75) is 12.8 Å². The molecular weight excluding hydrogens is 332 g/mol. The summed E-state index contributed by atoms with van der Waals surface area (Å²) in [4.78, 5) is 34.2. The van der Waals surface area contributed by atoms with Crippen molar-refractivity contribution >= 4 is 17.6 Å². The number of carbonyl (C=O) groups excluding carboxylic acids is 1. The zero-order valence-corrected chi connectivity index (χ0v) is 13.8. The number of carboxylic acids is 1. The third kappa shape index (κ3) is 4.66. The van der Waals surface area contributed by atoms with Crippen molar-refractivity contribution in [1.82, 2.24) is 5.32 Å². The second-order valence-corrected chi connectivity index (χ2v) is 5.75. The van der Waals surface area contributed by atoms with Crippen LogP contribution in [0.25, 0.3) is 0 Å². The Morgan fingerprint density at radius 3 is 2.68 bits per heavy atom. The summed E-state index contributed by atoms with van der Waals surface area (Å²) in [6, 6.07) is 3.68. The van der Waals surface area contributed by atoms with Crippen LogP contribution in [0.3, 0.4) is 0 Å². The van der Waals surface area contributed by atoms with E-state index < -0.39 is 22.7 Å². The normalized spacial score (nSPS) is 16.0. The number of nitro benzene ring substituents is 1. The van der Waals surface area contributed by atoms with Crippen LogP contribution in [-0.2, 0) is 9.53 Å². The summed E-state index contributed by atoms with van der Waals surface area (Å²) >= 11 is 0. The lowest BCUT2D eigenvalue weighted by Gasteiger charge is -2.27. The molecule has 1 heterocycles. The van der Waals surface area contributed by atoms with E-state index in [2.05, 4.69) is 5.32 Å². The molecule has 1 unspecified atom stereocenters.